The molecule has 1 atom stereocenters. The molecule has 0 spiro atoms. The van der Waals surface area contributed by atoms with Gasteiger partial charge in [-0.15, -0.1) is 10.2 Å². The van der Waals surface area contributed by atoms with Gasteiger partial charge in [-0.3, -0.25) is 10.1 Å². The van der Waals surface area contributed by atoms with E-state index in [-0.39, 0.29) is 12.6 Å². The third-order valence-electron chi connectivity index (χ3n) is 3.89. The number of aliphatic carboxylic acids is 1. The number of thioether (sulfide) groups is 1. The molecule has 0 aliphatic carbocycles. The normalized spacial score (nSPS) is 16.3. The molecule has 3 rings (SSSR count). The minimum absolute atomic E-state index is 0.209. The maximum absolute atomic E-state index is 12.2. The lowest BCUT2D eigenvalue weighted by molar-refractivity contribution is -0.141. The molecule has 1 aromatic carbocycles. The van der Waals surface area contributed by atoms with Crippen molar-refractivity contribution < 1.29 is 14.7 Å². The molecule has 10 heteroatoms. The third-order valence-corrected chi connectivity index (χ3v) is 5.93. The third kappa shape index (κ3) is 4.50. The molecule has 2 heterocycles. The van der Waals surface area contributed by atoms with Gasteiger partial charge < -0.3 is 10.0 Å². The van der Waals surface area contributed by atoms with Crippen molar-refractivity contribution in [2.45, 2.75) is 16.5 Å². The molecule has 1 aliphatic rings. The highest BCUT2D eigenvalue weighted by Crippen LogP contribution is 2.29. The summed E-state index contributed by atoms with van der Waals surface area (Å²) in [5.74, 6) is -0.702. The second kappa shape index (κ2) is 8.16. The van der Waals surface area contributed by atoms with Gasteiger partial charge in [-0.1, -0.05) is 35.2 Å². The van der Waals surface area contributed by atoms with Crippen molar-refractivity contribution in [2.24, 2.45) is 5.92 Å². The Morgan fingerprint density at radius 3 is 2.81 bits per heavy atom. The van der Waals surface area contributed by atoms with E-state index in [1.54, 1.807) is 12.1 Å². The number of anilines is 1. The van der Waals surface area contributed by atoms with E-state index in [9.17, 15) is 9.59 Å². The van der Waals surface area contributed by atoms with Gasteiger partial charge in [0.05, 0.1) is 17.6 Å². The Labute approximate surface area is 157 Å². The number of aromatic nitrogens is 2. The number of carbonyl (C=O) groups is 2. The number of rotatable bonds is 5. The maximum atomic E-state index is 12.2. The molecular formula is C16H15N5O3S2. The number of amides is 2. The van der Waals surface area contributed by atoms with Crippen LogP contribution in [0.5, 0.6) is 0 Å². The van der Waals surface area contributed by atoms with E-state index in [2.05, 4.69) is 21.6 Å². The van der Waals surface area contributed by atoms with E-state index in [0.717, 1.165) is 9.90 Å². The lowest BCUT2D eigenvalue weighted by Gasteiger charge is -2.14. The van der Waals surface area contributed by atoms with Crippen LogP contribution in [0.25, 0.3) is 0 Å². The SMILES string of the molecule is N#Cc1ccc(CSc2nnc(NC(=O)N3CCC(C(=O)O)C3)s2)cc1. The van der Waals surface area contributed by atoms with Crippen LogP contribution in [0.1, 0.15) is 17.5 Å². The number of carboxylic acid groups (broad SMARTS) is 1. The average Bonchev–Trinajstić information content (AvgIpc) is 3.30. The summed E-state index contributed by atoms with van der Waals surface area (Å²) in [4.78, 5) is 24.6. The van der Waals surface area contributed by atoms with Crippen molar-refractivity contribution in [3.63, 3.8) is 0 Å². The van der Waals surface area contributed by atoms with Crippen molar-refractivity contribution >= 4 is 40.2 Å². The Bertz CT molecular complexity index is 846. The van der Waals surface area contributed by atoms with Crippen LogP contribution in [-0.2, 0) is 10.5 Å². The van der Waals surface area contributed by atoms with Crippen molar-refractivity contribution in [2.75, 3.05) is 18.4 Å². The number of likely N-dealkylation sites (tertiary alicyclic amines) is 1. The summed E-state index contributed by atoms with van der Waals surface area (Å²) in [5, 5.41) is 28.8. The van der Waals surface area contributed by atoms with Crippen molar-refractivity contribution in [1.29, 1.82) is 5.26 Å². The topological polar surface area (TPSA) is 119 Å². The van der Waals surface area contributed by atoms with E-state index in [0.29, 0.717) is 29.4 Å². The number of carbonyl (C=O) groups excluding carboxylic acids is 1. The van der Waals surface area contributed by atoms with Crippen LogP contribution in [0.15, 0.2) is 28.6 Å². The molecule has 1 fully saturated rings. The number of hydrogen-bond acceptors (Lipinski definition) is 7. The highest BCUT2D eigenvalue weighted by molar-refractivity contribution is 8.00. The Morgan fingerprint density at radius 1 is 1.38 bits per heavy atom. The molecular weight excluding hydrogens is 374 g/mol. The van der Waals surface area contributed by atoms with Crippen LogP contribution < -0.4 is 5.32 Å². The van der Waals surface area contributed by atoms with E-state index >= 15 is 0 Å². The van der Waals surface area contributed by atoms with Gasteiger partial charge in [-0.25, -0.2) is 4.79 Å². The predicted molar refractivity (Wildman–Crippen MR) is 97.0 cm³/mol. The molecule has 1 saturated heterocycles. The summed E-state index contributed by atoms with van der Waals surface area (Å²) >= 11 is 2.76. The number of urea groups is 1. The summed E-state index contributed by atoms with van der Waals surface area (Å²) < 4.78 is 0.717. The van der Waals surface area contributed by atoms with Crippen LogP contribution >= 0.6 is 23.1 Å². The standard InChI is InChI=1S/C16H15N5O3S2/c17-7-10-1-3-11(4-2-10)9-25-16-20-19-14(26-16)18-15(24)21-6-5-12(8-21)13(22)23/h1-4,12H,5-6,8-9H2,(H,22,23)(H,18,19,24). The van der Waals surface area contributed by atoms with Gasteiger partial charge in [0.25, 0.3) is 0 Å². The van der Waals surface area contributed by atoms with Gasteiger partial charge in [0.1, 0.15) is 0 Å². The molecule has 2 N–H and O–H groups in total. The molecule has 2 amide bonds. The maximum Gasteiger partial charge on any atom is 0.323 e. The zero-order valence-corrected chi connectivity index (χ0v) is 15.2. The van der Waals surface area contributed by atoms with Crippen molar-refractivity contribution in [1.82, 2.24) is 15.1 Å². The molecule has 26 heavy (non-hydrogen) atoms. The quantitative estimate of drug-likeness (QED) is 0.596. The number of carboxylic acids is 1. The van der Waals surface area contributed by atoms with E-state index < -0.39 is 11.9 Å². The van der Waals surface area contributed by atoms with Crippen LogP contribution in [0, 0.1) is 17.2 Å². The van der Waals surface area contributed by atoms with Crippen molar-refractivity contribution in [3.8, 4) is 6.07 Å². The highest BCUT2D eigenvalue weighted by atomic mass is 32.2. The lowest BCUT2D eigenvalue weighted by Crippen LogP contribution is -2.33. The summed E-state index contributed by atoms with van der Waals surface area (Å²) in [6.45, 7) is 0.627. The smallest absolute Gasteiger partial charge is 0.323 e. The first-order valence-corrected chi connectivity index (χ1v) is 9.59. The fourth-order valence-electron chi connectivity index (χ4n) is 2.46. The molecule has 0 radical (unpaired) electrons. The fourth-order valence-corrected chi connectivity index (χ4v) is 4.15. The zero-order valence-electron chi connectivity index (χ0n) is 13.6. The molecule has 1 aliphatic heterocycles. The lowest BCUT2D eigenvalue weighted by atomic mass is 10.1. The van der Waals surface area contributed by atoms with E-state index in [1.165, 1.54) is 28.0 Å². The summed E-state index contributed by atoms with van der Waals surface area (Å²) in [6.07, 6.45) is 0.463. The largest absolute Gasteiger partial charge is 0.481 e. The number of benzene rings is 1. The van der Waals surface area contributed by atoms with Crippen LogP contribution in [0.3, 0.4) is 0 Å². The molecule has 1 aromatic heterocycles. The first kappa shape index (κ1) is 18.2. The number of hydrogen-bond donors (Lipinski definition) is 2. The number of nitrogens with zero attached hydrogens (tertiary/aromatic N) is 4. The molecule has 0 bridgehead atoms. The predicted octanol–water partition coefficient (Wildman–Crippen LogP) is 2.64. The first-order valence-electron chi connectivity index (χ1n) is 7.79. The van der Waals surface area contributed by atoms with Gasteiger partial charge in [0.15, 0.2) is 4.34 Å². The Hall–Kier alpha value is -2.64. The Kier molecular flexibility index (Phi) is 5.70. The number of nitriles is 1. The van der Waals surface area contributed by atoms with Gasteiger partial charge in [0, 0.05) is 18.8 Å². The van der Waals surface area contributed by atoms with Gasteiger partial charge >= 0.3 is 12.0 Å². The summed E-state index contributed by atoms with van der Waals surface area (Å²) in [5.41, 5.74) is 1.68. The van der Waals surface area contributed by atoms with E-state index in [4.69, 9.17) is 10.4 Å². The Balaban J connectivity index is 1.50. The number of nitrogens with one attached hydrogen (secondary N) is 1. The minimum Gasteiger partial charge on any atom is -0.481 e. The van der Waals surface area contributed by atoms with Gasteiger partial charge in [0.2, 0.25) is 5.13 Å². The summed E-state index contributed by atoms with van der Waals surface area (Å²) in [6, 6.07) is 9.04. The van der Waals surface area contributed by atoms with Crippen LogP contribution in [-0.4, -0.2) is 45.3 Å². The molecule has 8 nitrogen and oxygen atoms in total. The second-order valence-corrected chi connectivity index (χ2v) is 7.87. The molecule has 2 aromatic rings. The average molecular weight is 389 g/mol. The highest BCUT2D eigenvalue weighted by Gasteiger charge is 2.31. The first-order chi connectivity index (χ1) is 12.5. The van der Waals surface area contributed by atoms with Crippen LogP contribution in [0.2, 0.25) is 0 Å². The second-order valence-electron chi connectivity index (χ2n) is 5.67. The fraction of sp³-hybridized carbons (Fsp3) is 0.312. The zero-order chi connectivity index (χ0) is 18.5. The molecule has 0 saturated carbocycles. The minimum atomic E-state index is -0.877. The van der Waals surface area contributed by atoms with Crippen molar-refractivity contribution in [3.05, 3.63) is 35.4 Å². The monoisotopic (exact) mass is 389 g/mol. The molecule has 134 valence electrons. The van der Waals surface area contributed by atoms with E-state index in [1.807, 2.05) is 12.1 Å². The van der Waals surface area contributed by atoms with Gasteiger partial charge in [-0.2, -0.15) is 5.26 Å². The van der Waals surface area contributed by atoms with Gasteiger partial charge in [-0.05, 0) is 24.1 Å². The molecule has 1 unspecified atom stereocenters. The van der Waals surface area contributed by atoms with Crippen LogP contribution in [0.4, 0.5) is 9.93 Å². The summed E-state index contributed by atoms with van der Waals surface area (Å²) in [7, 11) is 0. The Morgan fingerprint density at radius 2 is 2.15 bits per heavy atom.